The van der Waals surface area contributed by atoms with E-state index < -0.39 is 0 Å². The Bertz CT molecular complexity index is 1370. The third-order valence-electron chi connectivity index (χ3n) is 12.4. The van der Waals surface area contributed by atoms with Gasteiger partial charge in [-0.25, -0.2) is 4.99 Å². The number of fused-ring (bicyclic) bond motifs is 2. The van der Waals surface area contributed by atoms with Crippen LogP contribution >= 0.6 is 23.7 Å². The van der Waals surface area contributed by atoms with Crippen molar-refractivity contribution in [2.24, 2.45) is 4.99 Å². The molecule has 0 fully saturated rings. The molecule has 0 aromatic heterocycles. The van der Waals surface area contributed by atoms with Gasteiger partial charge < -0.3 is 9.80 Å². The molecule has 1 aliphatic rings. The van der Waals surface area contributed by atoms with E-state index in [0.717, 1.165) is 11.0 Å². The fraction of sp³-hybridized carbons (Fsp3) is 0.769. The molecule has 2 aromatic rings. The van der Waals surface area contributed by atoms with Crippen LogP contribution in [-0.4, -0.2) is 26.2 Å². The molecule has 0 amide bonds. The van der Waals surface area contributed by atoms with Crippen LogP contribution in [0.15, 0.2) is 46.3 Å². The van der Waals surface area contributed by atoms with Gasteiger partial charge in [-0.05, 0) is 76.9 Å². The van der Waals surface area contributed by atoms with Crippen molar-refractivity contribution in [3.8, 4) is 0 Å². The smallest absolute Gasteiger partial charge is 0.0778 e. The Morgan fingerprint density at radius 2 is 0.719 bits per heavy atom. The first-order valence-corrected chi connectivity index (χ1v) is 28.1. The summed E-state index contributed by atoms with van der Waals surface area (Å²) >= 11 is 4.28. The van der Waals surface area contributed by atoms with Crippen molar-refractivity contribution in [2.75, 3.05) is 36.0 Å². The molecule has 57 heavy (non-hydrogen) atoms. The van der Waals surface area contributed by atoms with E-state index in [1.807, 2.05) is 0 Å². The number of benzene rings is 2. The second-order valence-electron chi connectivity index (χ2n) is 17.5. The zero-order valence-electron chi connectivity index (χ0n) is 38.0. The van der Waals surface area contributed by atoms with Crippen molar-refractivity contribution in [2.45, 2.75) is 238 Å². The zero-order valence-corrected chi connectivity index (χ0v) is 40.5. The van der Waals surface area contributed by atoms with Gasteiger partial charge in [-0.15, -0.1) is 0 Å². The van der Waals surface area contributed by atoms with Crippen LogP contribution in [0.3, 0.4) is 0 Å². The summed E-state index contributed by atoms with van der Waals surface area (Å²) in [6, 6.07) is 14.4. The molecule has 1 aliphatic heterocycles. The van der Waals surface area contributed by atoms with Crippen LogP contribution in [0.1, 0.15) is 233 Å². The molecule has 1 atom stereocenters. The molecular formula is C52H90BrN3S. The highest BCUT2D eigenvalue weighted by molar-refractivity contribution is 9.52. The molecule has 5 heteroatoms. The molecule has 0 radical (unpaired) electrons. The van der Waals surface area contributed by atoms with Gasteiger partial charge >= 0.3 is 0 Å². The minimum absolute atomic E-state index is 0.181. The summed E-state index contributed by atoms with van der Waals surface area (Å²) in [6.45, 7) is 13.9. The topological polar surface area (TPSA) is 18.8 Å². The van der Waals surface area contributed by atoms with Gasteiger partial charge in [0, 0.05) is 47.0 Å². The fourth-order valence-corrected chi connectivity index (χ4v) is 11.4. The highest BCUT2D eigenvalue weighted by Gasteiger charge is 2.16. The lowest BCUT2D eigenvalue weighted by Crippen LogP contribution is -2.26. The van der Waals surface area contributed by atoms with Crippen LogP contribution in [-0.2, 0) is 0 Å². The van der Waals surface area contributed by atoms with E-state index >= 15 is 0 Å². The molecule has 0 saturated carbocycles. The van der Waals surface area contributed by atoms with Crippen LogP contribution in [0.4, 0.5) is 17.1 Å². The van der Waals surface area contributed by atoms with Gasteiger partial charge in [0.15, 0.2) is 0 Å². The van der Waals surface area contributed by atoms with Gasteiger partial charge in [-0.3, -0.25) is 0 Å². The third kappa shape index (κ3) is 21.2. The van der Waals surface area contributed by atoms with Crippen molar-refractivity contribution in [1.29, 1.82) is 0 Å². The van der Waals surface area contributed by atoms with Gasteiger partial charge in [-0.1, -0.05) is 216 Å². The van der Waals surface area contributed by atoms with Crippen LogP contribution in [0.5, 0.6) is 0 Å². The van der Waals surface area contributed by atoms with Gasteiger partial charge in [0.2, 0.25) is 0 Å². The number of unbranched alkanes of at least 4 members (excludes halogenated alkanes) is 28. The maximum Gasteiger partial charge on any atom is 0.0778 e. The lowest BCUT2D eigenvalue weighted by molar-refractivity contribution is 0.555. The Morgan fingerprint density at radius 3 is 1.09 bits per heavy atom. The van der Waals surface area contributed by atoms with E-state index in [0.29, 0.717) is 0 Å². The van der Waals surface area contributed by atoms with Gasteiger partial charge in [0.05, 0.1) is 11.0 Å². The van der Waals surface area contributed by atoms with Crippen molar-refractivity contribution in [3.63, 3.8) is 0 Å². The van der Waals surface area contributed by atoms with E-state index in [4.69, 9.17) is 4.99 Å². The molecule has 1 unspecified atom stereocenters. The summed E-state index contributed by atoms with van der Waals surface area (Å²) in [5.74, 6) is 0. The summed E-state index contributed by atoms with van der Waals surface area (Å²) in [6.07, 6.45) is 44.0. The van der Waals surface area contributed by atoms with E-state index in [2.05, 4.69) is 88.7 Å². The molecule has 2 aromatic carbocycles. The molecule has 0 spiro atoms. The van der Waals surface area contributed by atoms with Crippen LogP contribution in [0.2, 0.25) is 0 Å². The minimum Gasteiger partial charge on any atom is -0.372 e. The average molecular weight is 869 g/mol. The molecule has 0 saturated heterocycles. The number of hydrogen-bond donors (Lipinski definition) is 0. The molecule has 0 N–H and O–H groups in total. The molecule has 3 rings (SSSR count). The summed E-state index contributed by atoms with van der Waals surface area (Å²) < 4.78 is 1.37. The van der Waals surface area contributed by atoms with Crippen molar-refractivity contribution in [1.82, 2.24) is 0 Å². The highest BCUT2D eigenvalue weighted by atomic mass is 79.9. The predicted molar refractivity (Wildman–Crippen MR) is 262 cm³/mol. The van der Waals surface area contributed by atoms with Crippen LogP contribution in [0.25, 0.3) is 0 Å². The standard InChI is InChI=1S/C52H90BrN3S/c1-5-9-13-17-21-25-29-33-41-55(42-34-30-26-22-18-14-10-6-2)47-37-39-49-51(45-47)57(53)52-46-48(38-40-50(52)54-49)56(43-35-31-27-23-19-15-11-7-3)44-36-32-28-24-20-16-12-8-4/h37-40,45-46H,5-36,41-44H2,1-4H3. The van der Waals surface area contributed by atoms with Gasteiger partial charge in [0.1, 0.15) is 0 Å². The Morgan fingerprint density at radius 1 is 0.404 bits per heavy atom. The lowest BCUT2D eigenvalue weighted by Gasteiger charge is -2.27. The molecular weight excluding hydrogens is 779 g/mol. The molecule has 326 valence electrons. The van der Waals surface area contributed by atoms with Gasteiger partial charge in [-0.2, -0.15) is 0 Å². The molecule has 0 aliphatic carbocycles. The van der Waals surface area contributed by atoms with E-state index in [1.165, 1.54) is 252 Å². The minimum atomic E-state index is -0.181. The SMILES string of the molecule is CCCCCCCCCCN(CCCCCCCCCC)c1ccc2c(c1)S(Br)=c1cc(N(CCCCCCCCCC)CCCCCCCCCC)ccc1=N2. The van der Waals surface area contributed by atoms with E-state index in [-0.39, 0.29) is 8.92 Å². The second-order valence-corrected chi connectivity index (χ2v) is 20.9. The van der Waals surface area contributed by atoms with Crippen LogP contribution < -0.4 is 15.2 Å². The predicted octanol–water partition coefficient (Wildman–Crippen LogP) is 18.0. The summed E-state index contributed by atoms with van der Waals surface area (Å²) in [5, 5.41) is 1.15. The van der Waals surface area contributed by atoms with Gasteiger partial charge in [0.25, 0.3) is 0 Å². The van der Waals surface area contributed by atoms with Crippen LogP contribution in [0, 0.1) is 4.51 Å². The van der Waals surface area contributed by atoms with Crippen molar-refractivity contribution in [3.05, 3.63) is 46.3 Å². The molecule has 1 heterocycles. The Balaban J connectivity index is 1.72. The first-order valence-electron chi connectivity index (χ1n) is 25.0. The summed E-state index contributed by atoms with van der Waals surface area (Å²) in [7, 11) is -0.181. The molecule has 3 nitrogen and oxygen atoms in total. The maximum atomic E-state index is 5.27. The molecule has 0 bridgehead atoms. The van der Waals surface area contributed by atoms with E-state index in [9.17, 15) is 0 Å². The van der Waals surface area contributed by atoms with Crippen molar-refractivity contribution < 1.29 is 0 Å². The lowest BCUT2D eigenvalue weighted by atomic mass is 10.1. The normalized spacial score (nSPS) is 13.4. The summed E-state index contributed by atoms with van der Waals surface area (Å²) in [5.41, 5.74) is 3.95. The number of hydrogen-bond acceptors (Lipinski definition) is 3. The average Bonchev–Trinajstić information content (AvgIpc) is 3.23. The van der Waals surface area contributed by atoms with E-state index in [1.54, 1.807) is 0 Å². The number of rotatable bonds is 38. The monoisotopic (exact) mass is 868 g/mol. The third-order valence-corrected chi connectivity index (χ3v) is 15.9. The maximum absolute atomic E-state index is 5.27. The Hall–Kier alpha value is -1.33. The Labute approximate surface area is 364 Å². The largest absolute Gasteiger partial charge is 0.372 e. The highest BCUT2D eigenvalue weighted by Crippen LogP contribution is 2.46. The van der Waals surface area contributed by atoms with Crippen molar-refractivity contribution >= 4 is 40.8 Å². The summed E-state index contributed by atoms with van der Waals surface area (Å²) in [4.78, 5) is 12.1. The first kappa shape index (κ1) is 50.0. The number of nitrogens with zero attached hydrogens (tertiary/aromatic N) is 3. The quantitative estimate of drug-likeness (QED) is 0.0495. The Kier molecular flexibility index (Phi) is 29.3. The fourth-order valence-electron chi connectivity index (χ4n) is 8.61. The first-order chi connectivity index (χ1) is 28.1. The second kappa shape index (κ2) is 33.4. The zero-order chi connectivity index (χ0) is 40.6. The number of anilines is 2. The number of halogens is 1.